The molecule has 0 saturated carbocycles. The Morgan fingerprint density at radius 2 is 1.83 bits per heavy atom. The summed E-state index contributed by atoms with van der Waals surface area (Å²) in [5, 5.41) is 11.6. The van der Waals surface area contributed by atoms with Gasteiger partial charge in [0.15, 0.2) is 5.96 Å². The summed E-state index contributed by atoms with van der Waals surface area (Å²) in [6.45, 7) is 3.78. The summed E-state index contributed by atoms with van der Waals surface area (Å²) >= 11 is 1.64. The van der Waals surface area contributed by atoms with Crippen molar-refractivity contribution in [1.82, 2.24) is 10.6 Å². The average molecular weight is 567 g/mol. The van der Waals surface area contributed by atoms with E-state index in [1.165, 1.54) is 18.2 Å². The van der Waals surface area contributed by atoms with E-state index in [-0.39, 0.29) is 34.7 Å². The van der Waals surface area contributed by atoms with E-state index in [0.717, 1.165) is 29.0 Å². The Kier molecular flexibility index (Phi) is 11.7. The number of hydrogen-bond donors (Lipinski definition) is 3. The number of benzene rings is 2. The number of sulfonamides is 1. The van der Waals surface area contributed by atoms with Gasteiger partial charge in [-0.1, -0.05) is 18.2 Å². The van der Waals surface area contributed by atoms with Gasteiger partial charge in [0.25, 0.3) is 0 Å². The van der Waals surface area contributed by atoms with Gasteiger partial charge >= 0.3 is 0 Å². The molecule has 0 spiro atoms. The molecule has 0 aliphatic carbocycles. The van der Waals surface area contributed by atoms with E-state index in [1.54, 1.807) is 36.0 Å². The Hall–Kier alpha value is -1.37. The highest BCUT2D eigenvalue weighted by Gasteiger charge is 2.07. The molecule has 2 aromatic rings. The Balaban J connectivity index is 0.00000450. The zero-order valence-corrected chi connectivity index (χ0v) is 21.0. The summed E-state index contributed by atoms with van der Waals surface area (Å²) in [7, 11) is -3.67. The zero-order valence-electron chi connectivity index (χ0n) is 17.0. The molecule has 0 aliphatic heterocycles. The molecular weight excluding hydrogens is 538 g/mol. The lowest BCUT2D eigenvalue weighted by molar-refractivity contribution is 0.597. The normalized spacial score (nSPS) is 11.7. The first-order valence-electron chi connectivity index (χ1n) is 9.23. The second kappa shape index (κ2) is 13.1. The first-order chi connectivity index (χ1) is 13.8. The highest BCUT2D eigenvalue weighted by molar-refractivity contribution is 14.0. The lowest BCUT2D eigenvalue weighted by Gasteiger charge is -2.12. The van der Waals surface area contributed by atoms with Crippen LogP contribution in [0.4, 0.5) is 4.39 Å². The molecule has 10 heteroatoms. The van der Waals surface area contributed by atoms with E-state index >= 15 is 0 Å². The molecule has 0 heterocycles. The maximum atomic E-state index is 13.5. The summed E-state index contributed by atoms with van der Waals surface area (Å²) in [6, 6.07) is 11.3. The average Bonchev–Trinajstić information content (AvgIpc) is 2.67. The molecule has 0 aromatic heterocycles. The fraction of sp³-hybridized carbons (Fsp3) is 0.350. The third-order valence-electron chi connectivity index (χ3n) is 4.18. The van der Waals surface area contributed by atoms with Crippen LogP contribution >= 0.6 is 35.7 Å². The number of aliphatic imine (C=N–C) groups is 1. The Morgan fingerprint density at radius 1 is 1.13 bits per heavy atom. The smallest absolute Gasteiger partial charge is 0.238 e. The van der Waals surface area contributed by atoms with Crippen molar-refractivity contribution >= 4 is 51.7 Å². The van der Waals surface area contributed by atoms with Gasteiger partial charge in [0.1, 0.15) is 5.82 Å². The molecule has 30 heavy (non-hydrogen) atoms. The van der Waals surface area contributed by atoms with E-state index in [4.69, 9.17) is 5.14 Å². The predicted molar refractivity (Wildman–Crippen MR) is 133 cm³/mol. The van der Waals surface area contributed by atoms with Crippen LogP contribution in [0.1, 0.15) is 23.6 Å². The maximum absolute atomic E-state index is 13.5. The first-order valence-corrected chi connectivity index (χ1v) is 12.2. The topological polar surface area (TPSA) is 96.6 Å². The molecule has 0 radical (unpaired) electrons. The standard InChI is InChI=1S/C20H27FN4O2S2.HI/c1-3-23-20(25-13-16-6-7-18(21)12-17(16)14-28-2)24-11-10-15-4-8-19(9-5-15)29(22,26)27;/h4-9,12H,3,10-11,13-14H2,1-2H3,(H2,22,26,27)(H2,23,24,25);1H. The summed E-state index contributed by atoms with van der Waals surface area (Å²) in [4.78, 5) is 4.70. The van der Waals surface area contributed by atoms with Crippen LogP contribution < -0.4 is 15.8 Å². The molecule has 2 aromatic carbocycles. The number of halogens is 2. The van der Waals surface area contributed by atoms with E-state index in [9.17, 15) is 12.8 Å². The maximum Gasteiger partial charge on any atom is 0.238 e. The molecule has 0 fully saturated rings. The number of hydrogen-bond acceptors (Lipinski definition) is 4. The van der Waals surface area contributed by atoms with E-state index in [2.05, 4.69) is 15.6 Å². The second-order valence-corrected chi connectivity index (χ2v) is 8.83. The predicted octanol–water partition coefficient (Wildman–Crippen LogP) is 3.25. The minimum absolute atomic E-state index is 0. The van der Waals surface area contributed by atoms with Crippen LogP contribution in [0.5, 0.6) is 0 Å². The van der Waals surface area contributed by atoms with Gasteiger partial charge in [-0.3, -0.25) is 0 Å². The molecule has 166 valence electrons. The Labute approximate surface area is 199 Å². The van der Waals surface area contributed by atoms with Crippen molar-refractivity contribution in [1.29, 1.82) is 0 Å². The lowest BCUT2D eigenvalue weighted by atomic mass is 10.1. The molecule has 0 amide bonds. The van der Waals surface area contributed by atoms with E-state index < -0.39 is 10.0 Å². The van der Waals surface area contributed by atoms with Crippen molar-refractivity contribution in [2.45, 2.75) is 30.5 Å². The van der Waals surface area contributed by atoms with Crippen LogP contribution in [-0.2, 0) is 28.7 Å². The van der Waals surface area contributed by atoms with Crippen LogP contribution in [0.25, 0.3) is 0 Å². The second-order valence-electron chi connectivity index (χ2n) is 6.41. The number of nitrogens with two attached hydrogens (primary N) is 1. The molecule has 0 atom stereocenters. The van der Waals surface area contributed by atoms with Crippen LogP contribution in [0.2, 0.25) is 0 Å². The molecule has 0 bridgehead atoms. The van der Waals surface area contributed by atoms with Crippen molar-refractivity contribution in [2.75, 3.05) is 19.3 Å². The van der Waals surface area contributed by atoms with Gasteiger partial charge in [-0.05, 0) is 60.6 Å². The van der Waals surface area contributed by atoms with Gasteiger partial charge in [0.05, 0.1) is 11.4 Å². The molecule has 0 aliphatic rings. The van der Waals surface area contributed by atoms with E-state index in [1.807, 2.05) is 13.2 Å². The summed E-state index contributed by atoms with van der Waals surface area (Å²) in [6.07, 6.45) is 2.68. The Bertz CT molecular complexity index is 938. The van der Waals surface area contributed by atoms with Crippen LogP contribution in [-0.4, -0.2) is 33.7 Å². The number of thioether (sulfide) groups is 1. The molecule has 4 N–H and O–H groups in total. The number of nitrogens with zero attached hydrogens (tertiary/aromatic N) is 1. The van der Waals surface area contributed by atoms with Gasteiger partial charge in [0, 0.05) is 18.8 Å². The van der Waals surface area contributed by atoms with Gasteiger partial charge in [-0.25, -0.2) is 22.9 Å². The monoisotopic (exact) mass is 566 g/mol. The highest BCUT2D eigenvalue weighted by atomic mass is 127. The summed E-state index contributed by atoms with van der Waals surface area (Å²) < 4.78 is 36.1. The number of guanidine groups is 1. The fourth-order valence-electron chi connectivity index (χ4n) is 2.72. The zero-order chi connectivity index (χ0) is 21.3. The largest absolute Gasteiger partial charge is 0.357 e. The highest BCUT2D eigenvalue weighted by Crippen LogP contribution is 2.17. The molecular formula is C20H28FIN4O2S2. The van der Waals surface area contributed by atoms with Crippen molar-refractivity contribution in [3.63, 3.8) is 0 Å². The number of primary sulfonamides is 1. The lowest BCUT2D eigenvalue weighted by Crippen LogP contribution is -2.38. The molecule has 6 nitrogen and oxygen atoms in total. The van der Waals surface area contributed by atoms with Crippen LogP contribution in [0.15, 0.2) is 52.4 Å². The minimum Gasteiger partial charge on any atom is -0.357 e. The quantitative estimate of drug-likeness (QED) is 0.246. The van der Waals surface area contributed by atoms with Crippen molar-refractivity contribution in [3.05, 3.63) is 65.0 Å². The fourth-order valence-corrected chi connectivity index (χ4v) is 3.81. The Morgan fingerprint density at radius 3 is 2.43 bits per heavy atom. The van der Waals surface area contributed by atoms with Crippen LogP contribution in [0.3, 0.4) is 0 Å². The van der Waals surface area contributed by atoms with Gasteiger partial charge in [0.2, 0.25) is 10.0 Å². The molecule has 0 unspecified atom stereocenters. The van der Waals surface area contributed by atoms with Gasteiger partial charge < -0.3 is 10.6 Å². The first kappa shape index (κ1) is 26.7. The SMILES string of the molecule is CCNC(=NCc1ccc(F)cc1CSC)NCCc1ccc(S(N)(=O)=O)cc1.I. The number of rotatable bonds is 9. The third kappa shape index (κ3) is 8.78. The minimum atomic E-state index is -3.67. The summed E-state index contributed by atoms with van der Waals surface area (Å²) in [5.41, 5.74) is 2.94. The van der Waals surface area contributed by atoms with E-state index in [0.29, 0.717) is 25.5 Å². The van der Waals surface area contributed by atoms with Crippen molar-refractivity contribution in [3.8, 4) is 0 Å². The molecule has 0 saturated heterocycles. The third-order valence-corrected chi connectivity index (χ3v) is 5.71. The van der Waals surface area contributed by atoms with Crippen molar-refractivity contribution < 1.29 is 12.8 Å². The summed E-state index contributed by atoms with van der Waals surface area (Å²) in [5.74, 6) is 1.18. The van der Waals surface area contributed by atoms with Gasteiger partial charge in [-0.15, -0.1) is 24.0 Å². The van der Waals surface area contributed by atoms with Crippen molar-refractivity contribution in [2.24, 2.45) is 10.1 Å². The van der Waals surface area contributed by atoms with Crippen LogP contribution in [0, 0.1) is 5.82 Å². The van der Waals surface area contributed by atoms with Gasteiger partial charge in [-0.2, -0.15) is 11.8 Å². The number of nitrogens with one attached hydrogen (secondary N) is 2. The molecule has 2 rings (SSSR count).